The largest absolute Gasteiger partial charge is 0.455 e. The molecule has 30 heavy (non-hydrogen) atoms. The lowest BCUT2D eigenvalue weighted by molar-refractivity contribution is -0.117. The van der Waals surface area contributed by atoms with Crippen molar-refractivity contribution >= 4 is 50.0 Å². The van der Waals surface area contributed by atoms with E-state index in [1.807, 2.05) is 36.1 Å². The molecule has 2 saturated heterocycles. The number of amides is 1. The summed E-state index contributed by atoms with van der Waals surface area (Å²) in [4.78, 5) is 18.1. The van der Waals surface area contributed by atoms with Gasteiger partial charge >= 0.3 is 0 Å². The Labute approximate surface area is 185 Å². The second-order valence-corrected chi connectivity index (χ2v) is 11.1. The van der Waals surface area contributed by atoms with Crippen LogP contribution in [0.3, 0.4) is 0 Å². The SMILES string of the molecule is CCC(=O)N=C1S[C@H]2CS(=O)(=O)C[C@H]2N1c1cc(Cl)ccc1Oc1cccc(C)c1. The van der Waals surface area contributed by atoms with Crippen LogP contribution >= 0.6 is 23.4 Å². The fourth-order valence-corrected chi connectivity index (χ4v) is 7.69. The Balaban J connectivity index is 1.80. The summed E-state index contributed by atoms with van der Waals surface area (Å²) >= 11 is 7.62. The first-order valence-corrected chi connectivity index (χ1v) is 12.7. The number of ether oxygens (including phenoxy) is 1. The Morgan fingerprint density at radius 2 is 2.07 bits per heavy atom. The first-order valence-electron chi connectivity index (χ1n) is 9.57. The normalized spacial score (nSPS) is 23.6. The molecule has 2 heterocycles. The molecule has 0 radical (unpaired) electrons. The predicted octanol–water partition coefficient (Wildman–Crippen LogP) is 4.45. The number of fused-ring (bicyclic) bond motifs is 1. The average molecular weight is 465 g/mol. The number of amidine groups is 1. The number of carbonyl (C=O) groups is 1. The van der Waals surface area contributed by atoms with Crippen LogP contribution in [0, 0.1) is 6.92 Å². The summed E-state index contributed by atoms with van der Waals surface area (Å²) in [5, 5.41) is 0.782. The van der Waals surface area contributed by atoms with Gasteiger partial charge in [-0.15, -0.1) is 0 Å². The third kappa shape index (κ3) is 4.36. The number of hydrogen-bond acceptors (Lipinski definition) is 5. The smallest absolute Gasteiger partial charge is 0.247 e. The van der Waals surface area contributed by atoms with Crippen LogP contribution in [0.15, 0.2) is 47.5 Å². The van der Waals surface area contributed by atoms with Crippen molar-refractivity contribution in [1.82, 2.24) is 0 Å². The highest BCUT2D eigenvalue weighted by Gasteiger charge is 2.50. The monoisotopic (exact) mass is 464 g/mol. The quantitative estimate of drug-likeness (QED) is 0.665. The van der Waals surface area contributed by atoms with Crippen molar-refractivity contribution in [1.29, 1.82) is 0 Å². The minimum atomic E-state index is -3.17. The molecule has 0 bridgehead atoms. The molecule has 0 aromatic heterocycles. The number of halogens is 1. The molecular weight excluding hydrogens is 444 g/mol. The molecular formula is C21H21ClN2O4S2. The number of sulfone groups is 1. The van der Waals surface area contributed by atoms with Gasteiger partial charge in [-0.05, 0) is 42.8 Å². The summed E-state index contributed by atoms with van der Waals surface area (Å²) in [6.07, 6.45) is 0.272. The molecule has 2 aliphatic rings. The van der Waals surface area contributed by atoms with Crippen LogP contribution in [0.25, 0.3) is 0 Å². The number of rotatable bonds is 4. The second kappa shape index (κ2) is 8.24. The summed E-state index contributed by atoms with van der Waals surface area (Å²) in [5.74, 6) is 0.984. The number of anilines is 1. The van der Waals surface area contributed by atoms with E-state index in [-0.39, 0.29) is 35.1 Å². The van der Waals surface area contributed by atoms with Crippen LogP contribution < -0.4 is 9.64 Å². The Bertz CT molecular complexity index is 1130. The topological polar surface area (TPSA) is 76.0 Å². The van der Waals surface area contributed by atoms with Crippen molar-refractivity contribution in [2.45, 2.75) is 31.6 Å². The summed E-state index contributed by atoms with van der Waals surface area (Å²) in [6.45, 7) is 3.72. The fourth-order valence-electron chi connectivity index (χ4n) is 3.60. The molecule has 2 aromatic carbocycles. The zero-order valence-corrected chi connectivity index (χ0v) is 18.9. The third-order valence-corrected chi connectivity index (χ3v) is 8.43. The Morgan fingerprint density at radius 3 is 2.80 bits per heavy atom. The number of thioether (sulfide) groups is 1. The van der Waals surface area contributed by atoms with Crippen molar-refractivity contribution < 1.29 is 17.9 Å². The van der Waals surface area contributed by atoms with E-state index in [0.29, 0.717) is 27.4 Å². The van der Waals surface area contributed by atoms with E-state index in [9.17, 15) is 13.2 Å². The van der Waals surface area contributed by atoms with Gasteiger partial charge in [-0.1, -0.05) is 42.4 Å². The molecule has 2 aliphatic heterocycles. The molecule has 6 nitrogen and oxygen atoms in total. The van der Waals surface area contributed by atoms with E-state index in [4.69, 9.17) is 16.3 Å². The molecule has 0 aliphatic carbocycles. The first kappa shape index (κ1) is 21.2. The van der Waals surface area contributed by atoms with Gasteiger partial charge in [0, 0.05) is 16.7 Å². The maximum atomic E-state index is 12.3. The number of benzene rings is 2. The lowest BCUT2D eigenvalue weighted by Crippen LogP contribution is -2.38. The maximum Gasteiger partial charge on any atom is 0.247 e. The Hall–Kier alpha value is -2.03. The zero-order chi connectivity index (χ0) is 21.5. The standard InChI is InChI=1S/C21H21ClN2O4S2/c1-3-20(25)23-21-24(17-11-30(26,27)12-19(17)29-21)16-10-14(22)7-8-18(16)28-15-6-4-5-13(2)9-15/h4-10,17,19H,3,11-12H2,1-2H3/t17-,19+/m1/s1. The summed E-state index contributed by atoms with van der Waals surface area (Å²) in [5.41, 5.74) is 1.65. The van der Waals surface area contributed by atoms with Gasteiger partial charge in [-0.3, -0.25) is 4.79 Å². The van der Waals surface area contributed by atoms with Crippen molar-refractivity contribution in [2.75, 3.05) is 16.4 Å². The molecule has 2 aromatic rings. The van der Waals surface area contributed by atoms with Crippen molar-refractivity contribution in [3.63, 3.8) is 0 Å². The van der Waals surface area contributed by atoms with Crippen LogP contribution in [0.4, 0.5) is 5.69 Å². The highest BCUT2D eigenvalue weighted by atomic mass is 35.5. The first-order chi connectivity index (χ1) is 14.3. The zero-order valence-electron chi connectivity index (χ0n) is 16.5. The van der Waals surface area contributed by atoms with E-state index in [1.54, 1.807) is 25.1 Å². The molecule has 158 valence electrons. The van der Waals surface area contributed by atoms with Crippen molar-refractivity contribution in [3.05, 3.63) is 53.1 Å². The predicted molar refractivity (Wildman–Crippen MR) is 122 cm³/mol. The van der Waals surface area contributed by atoms with Crippen LogP contribution in [-0.2, 0) is 14.6 Å². The van der Waals surface area contributed by atoms with Gasteiger partial charge in [0.2, 0.25) is 5.91 Å². The number of aryl methyl sites for hydroxylation is 1. The summed E-state index contributed by atoms with van der Waals surface area (Å²) < 4.78 is 30.7. The van der Waals surface area contributed by atoms with Crippen LogP contribution in [0.2, 0.25) is 5.02 Å². The lowest BCUT2D eigenvalue weighted by Gasteiger charge is -2.26. The molecule has 9 heteroatoms. The maximum absolute atomic E-state index is 12.3. The Kier molecular flexibility index (Phi) is 5.83. The van der Waals surface area contributed by atoms with E-state index in [0.717, 1.165) is 5.56 Å². The van der Waals surface area contributed by atoms with E-state index in [1.165, 1.54) is 11.8 Å². The minimum Gasteiger partial charge on any atom is -0.455 e. The van der Waals surface area contributed by atoms with Gasteiger partial charge in [0.25, 0.3) is 0 Å². The van der Waals surface area contributed by atoms with E-state index in [2.05, 4.69) is 4.99 Å². The van der Waals surface area contributed by atoms with Gasteiger partial charge in [0.05, 0.1) is 23.2 Å². The number of hydrogen-bond donors (Lipinski definition) is 0. The average Bonchev–Trinajstić information content (AvgIpc) is 3.14. The number of carbonyl (C=O) groups excluding carboxylic acids is 1. The summed E-state index contributed by atoms with van der Waals surface area (Å²) in [7, 11) is -3.17. The van der Waals surface area contributed by atoms with E-state index >= 15 is 0 Å². The number of nitrogens with zero attached hydrogens (tertiary/aromatic N) is 2. The van der Waals surface area contributed by atoms with E-state index < -0.39 is 9.84 Å². The van der Waals surface area contributed by atoms with Crippen molar-refractivity contribution in [2.24, 2.45) is 4.99 Å². The van der Waals surface area contributed by atoms with Gasteiger partial charge < -0.3 is 9.64 Å². The van der Waals surface area contributed by atoms with Gasteiger partial charge in [-0.25, -0.2) is 8.42 Å². The molecule has 0 spiro atoms. The van der Waals surface area contributed by atoms with Gasteiger partial charge in [-0.2, -0.15) is 4.99 Å². The highest BCUT2D eigenvalue weighted by Crippen LogP contribution is 2.45. The molecule has 2 fully saturated rings. The van der Waals surface area contributed by atoms with Crippen LogP contribution in [-0.4, -0.2) is 42.3 Å². The highest BCUT2D eigenvalue weighted by molar-refractivity contribution is 8.16. The minimum absolute atomic E-state index is 0.000397. The fraction of sp³-hybridized carbons (Fsp3) is 0.333. The van der Waals surface area contributed by atoms with Crippen molar-refractivity contribution in [3.8, 4) is 11.5 Å². The van der Waals surface area contributed by atoms with Crippen LogP contribution in [0.1, 0.15) is 18.9 Å². The number of aliphatic imine (C=N–C) groups is 1. The Morgan fingerprint density at radius 1 is 1.27 bits per heavy atom. The molecule has 0 saturated carbocycles. The molecule has 1 amide bonds. The molecule has 0 unspecified atom stereocenters. The van der Waals surface area contributed by atoms with Gasteiger partial charge in [0.15, 0.2) is 20.8 Å². The third-order valence-electron chi connectivity index (χ3n) is 4.99. The molecule has 4 rings (SSSR count). The second-order valence-electron chi connectivity index (χ2n) is 7.34. The summed E-state index contributed by atoms with van der Waals surface area (Å²) in [6, 6.07) is 12.5. The van der Waals surface area contributed by atoms with Gasteiger partial charge in [0.1, 0.15) is 5.75 Å². The lowest BCUT2D eigenvalue weighted by atomic mass is 10.2. The molecule has 2 atom stereocenters. The van der Waals surface area contributed by atoms with Crippen LogP contribution in [0.5, 0.6) is 11.5 Å². The molecule has 0 N–H and O–H groups in total.